The summed E-state index contributed by atoms with van der Waals surface area (Å²) in [6.07, 6.45) is 4.97. The number of nitrogens with zero attached hydrogens (tertiary/aromatic N) is 1. The predicted molar refractivity (Wildman–Crippen MR) is 69.9 cm³/mol. The second-order valence-electron chi connectivity index (χ2n) is 3.49. The molecule has 20 heavy (non-hydrogen) atoms. The lowest BCUT2D eigenvalue weighted by Gasteiger charge is -2.11. The standard InChI is InChI=1S/C13H13NO6/c1-4-6-20-13(15)9-7-11(18-3)12(19-5-2)8-10(9)14(16)17/h1,7-8H,5-6H2,2-3H3. The molecule has 0 atom stereocenters. The highest BCUT2D eigenvalue weighted by molar-refractivity contribution is 5.95. The summed E-state index contributed by atoms with van der Waals surface area (Å²) >= 11 is 0. The third-order valence-electron chi connectivity index (χ3n) is 2.29. The number of ether oxygens (including phenoxy) is 3. The van der Waals surface area contributed by atoms with Crippen LogP contribution in [0, 0.1) is 22.5 Å². The van der Waals surface area contributed by atoms with Gasteiger partial charge in [-0.3, -0.25) is 10.1 Å². The first-order chi connectivity index (χ1) is 9.54. The lowest BCUT2D eigenvalue weighted by Crippen LogP contribution is -2.09. The van der Waals surface area contributed by atoms with Gasteiger partial charge >= 0.3 is 5.97 Å². The lowest BCUT2D eigenvalue weighted by atomic mass is 10.1. The van der Waals surface area contributed by atoms with Gasteiger partial charge in [0, 0.05) is 6.07 Å². The molecule has 7 nitrogen and oxygen atoms in total. The first-order valence-corrected chi connectivity index (χ1v) is 5.64. The molecule has 1 rings (SSSR count). The molecule has 0 aliphatic carbocycles. The summed E-state index contributed by atoms with van der Waals surface area (Å²) in [4.78, 5) is 22.1. The number of hydrogen-bond donors (Lipinski definition) is 0. The molecule has 0 aliphatic rings. The van der Waals surface area contributed by atoms with Crippen molar-refractivity contribution in [1.29, 1.82) is 0 Å². The van der Waals surface area contributed by atoms with Crippen molar-refractivity contribution in [2.45, 2.75) is 6.92 Å². The van der Waals surface area contributed by atoms with Crippen LogP contribution in [0.1, 0.15) is 17.3 Å². The topological polar surface area (TPSA) is 87.9 Å². The zero-order chi connectivity index (χ0) is 15.1. The third-order valence-corrected chi connectivity index (χ3v) is 2.29. The molecule has 0 saturated carbocycles. The van der Waals surface area contributed by atoms with Crippen molar-refractivity contribution in [3.63, 3.8) is 0 Å². The van der Waals surface area contributed by atoms with Crippen LogP contribution >= 0.6 is 0 Å². The number of nitro groups is 1. The van der Waals surface area contributed by atoms with Crippen molar-refractivity contribution < 1.29 is 23.9 Å². The van der Waals surface area contributed by atoms with E-state index in [0.717, 1.165) is 6.07 Å². The molecule has 1 aromatic carbocycles. The first-order valence-electron chi connectivity index (χ1n) is 5.64. The van der Waals surface area contributed by atoms with Gasteiger partial charge < -0.3 is 14.2 Å². The van der Waals surface area contributed by atoms with E-state index >= 15 is 0 Å². The summed E-state index contributed by atoms with van der Waals surface area (Å²) in [5, 5.41) is 11.0. The minimum atomic E-state index is -0.893. The van der Waals surface area contributed by atoms with Crippen LogP contribution in [-0.2, 0) is 4.74 Å². The van der Waals surface area contributed by atoms with Gasteiger partial charge in [0.25, 0.3) is 5.69 Å². The Balaban J connectivity index is 3.31. The average molecular weight is 279 g/mol. The average Bonchev–Trinajstić information content (AvgIpc) is 2.44. The maximum absolute atomic E-state index is 11.7. The molecule has 0 saturated heterocycles. The monoisotopic (exact) mass is 279 g/mol. The molecule has 0 aromatic heterocycles. The Kier molecular flexibility index (Phi) is 5.35. The van der Waals surface area contributed by atoms with Gasteiger partial charge in [0.2, 0.25) is 0 Å². The zero-order valence-corrected chi connectivity index (χ0v) is 11.0. The molecular weight excluding hydrogens is 266 g/mol. The van der Waals surface area contributed by atoms with E-state index in [9.17, 15) is 14.9 Å². The van der Waals surface area contributed by atoms with Gasteiger partial charge in [-0.15, -0.1) is 6.42 Å². The van der Waals surface area contributed by atoms with E-state index in [1.54, 1.807) is 6.92 Å². The first kappa shape index (κ1) is 15.3. The molecule has 0 fully saturated rings. The number of nitro benzene ring substituents is 1. The highest BCUT2D eigenvalue weighted by Gasteiger charge is 2.25. The molecule has 106 valence electrons. The smallest absolute Gasteiger partial charge is 0.346 e. The highest BCUT2D eigenvalue weighted by atomic mass is 16.6. The Morgan fingerprint density at radius 1 is 1.45 bits per heavy atom. The molecule has 1 aromatic rings. The van der Waals surface area contributed by atoms with E-state index in [0.29, 0.717) is 6.61 Å². The largest absolute Gasteiger partial charge is 0.493 e. The van der Waals surface area contributed by atoms with Crippen LogP contribution in [0.4, 0.5) is 5.69 Å². The highest BCUT2D eigenvalue weighted by Crippen LogP contribution is 2.35. The number of rotatable bonds is 6. The Morgan fingerprint density at radius 3 is 2.65 bits per heavy atom. The van der Waals surface area contributed by atoms with Crippen molar-refractivity contribution in [1.82, 2.24) is 0 Å². The summed E-state index contributed by atoms with van der Waals surface area (Å²) in [7, 11) is 1.36. The van der Waals surface area contributed by atoms with Crippen molar-refractivity contribution in [3.05, 3.63) is 27.8 Å². The molecule has 0 aliphatic heterocycles. The van der Waals surface area contributed by atoms with Crippen LogP contribution in [-0.4, -0.2) is 31.2 Å². The number of methoxy groups -OCH3 is 1. The van der Waals surface area contributed by atoms with Gasteiger partial charge in [-0.2, -0.15) is 0 Å². The van der Waals surface area contributed by atoms with Gasteiger partial charge in [0.1, 0.15) is 5.56 Å². The van der Waals surface area contributed by atoms with Gasteiger partial charge in [0.15, 0.2) is 18.1 Å². The Hall–Kier alpha value is -2.75. The van der Waals surface area contributed by atoms with Crippen LogP contribution in [0.3, 0.4) is 0 Å². The fourth-order valence-corrected chi connectivity index (χ4v) is 1.48. The summed E-state index contributed by atoms with van der Waals surface area (Å²) < 4.78 is 14.9. The molecule has 0 radical (unpaired) electrons. The Labute approximate surface area is 115 Å². The minimum Gasteiger partial charge on any atom is -0.493 e. The van der Waals surface area contributed by atoms with Gasteiger partial charge in [-0.05, 0) is 6.92 Å². The molecule has 0 heterocycles. The van der Waals surface area contributed by atoms with E-state index in [1.165, 1.54) is 13.2 Å². The number of esters is 1. The van der Waals surface area contributed by atoms with Crippen molar-refractivity contribution in [3.8, 4) is 23.8 Å². The minimum absolute atomic E-state index is 0.176. The van der Waals surface area contributed by atoms with E-state index in [2.05, 4.69) is 5.92 Å². The number of carbonyl (C=O) groups excluding carboxylic acids is 1. The SMILES string of the molecule is C#CCOC(=O)c1cc(OC)c(OCC)cc1[N+](=O)[O-]. The fourth-order valence-electron chi connectivity index (χ4n) is 1.48. The summed E-state index contributed by atoms with van der Waals surface area (Å²) in [6.45, 7) is 1.75. The van der Waals surface area contributed by atoms with Crippen molar-refractivity contribution in [2.24, 2.45) is 0 Å². The summed E-state index contributed by atoms with van der Waals surface area (Å²) in [5.41, 5.74) is -0.679. The third kappa shape index (κ3) is 3.38. The van der Waals surface area contributed by atoms with Crippen LogP contribution in [0.15, 0.2) is 12.1 Å². The van der Waals surface area contributed by atoms with E-state index in [-0.39, 0.29) is 23.7 Å². The van der Waals surface area contributed by atoms with Crippen molar-refractivity contribution in [2.75, 3.05) is 20.3 Å². The fraction of sp³-hybridized carbons (Fsp3) is 0.308. The van der Waals surface area contributed by atoms with Gasteiger partial charge in [0.05, 0.1) is 24.7 Å². The van der Waals surface area contributed by atoms with E-state index < -0.39 is 16.6 Å². The van der Waals surface area contributed by atoms with Gasteiger partial charge in [-0.1, -0.05) is 5.92 Å². The second-order valence-corrected chi connectivity index (χ2v) is 3.49. The molecule has 0 unspecified atom stereocenters. The maximum Gasteiger partial charge on any atom is 0.346 e. The normalized spacial score (nSPS) is 9.45. The number of benzene rings is 1. The van der Waals surface area contributed by atoms with Crippen LogP contribution in [0.2, 0.25) is 0 Å². The van der Waals surface area contributed by atoms with E-state index in [1.807, 2.05) is 0 Å². The molecular formula is C13H13NO6. The second kappa shape index (κ2) is 6.99. The lowest BCUT2D eigenvalue weighted by molar-refractivity contribution is -0.385. The number of hydrogen-bond acceptors (Lipinski definition) is 6. The van der Waals surface area contributed by atoms with Gasteiger partial charge in [-0.25, -0.2) is 4.79 Å². The molecule has 0 spiro atoms. The molecule has 0 N–H and O–H groups in total. The molecule has 0 amide bonds. The molecule has 0 bridgehead atoms. The maximum atomic E-state index is 11.7. The Morgan fingerprint density at radius 2 is 2.15 bits per heavy atom. The summed E-state index contributed by atoms with van der Waals surface area (Å²) in [5.74, 6) is 1.59. The van der Waals surface area contributed by atoms with Crippen LogP contribution < -0.4 is 9.47 Å². The number of terminal acetylenes is 1. The summed E-state index contributed by atoms with van der Waals surface area (Å²) in [6, 6.07) is 2.32. The Bertz CT molecular complexity index is 561. The van der Waals surface area contributed by atoms with Crippen LogP contribution in [0.5, 0.6) is 11.5 Å². The molecule has 7 heteroatoms. The zero-order valence-electron chi connectivity index (χ0n) is 11.0. The van der Waals surface area contributed by atoms with Crippen molar-refractivity contribution >= 4 is 11.7 Å². The number of carbonyl (C=O) groups is 1. The van der Waals surface area contributed by atoms with E-state index in [4.69, 9.17) is 20.6 Å². The quantitative estimate of drug-likeness (QED) is 0.341. The van der Waals surface area contributed by atoms with Crippen LogP contribution in [0.25, 0.3) is 0 Å². The predicted octanol–water partition coefficient (Wildman–Crippen LogP) is 1.79.